The lowest BCUT2D eigenvalue weighted by atomic mass is 9.99. The van der Waals surface area contributed by atoms with E-state index in [0.29, 0.717) is 49.0 Å². The van der Waals surface area contributed by atoms with E-state index in [1.165, 1.54) is 12.8 Å². The third-order valence-electron chi connectivity index (χ3n) is 8.29. The van der Waals surface area contributed by atoms with E-state index in [4.69, 9.17) is 0 Å². The largest absolute Gasteiger partial charge is 0.390 e. The van der Waals surface area contributed by atoms with Gasteiger partial charge >= 0.3 is 0 Å². The zero-order valence-electron chi connectivity index (χ0n) is 24.9. The van der Waals surface area contributed by atoms with Gasteiger partial charge in [-0.1, -0.05) is 57.0 Å². The molecule has 1 aliphatic carbocycles. The van der Waals surface area contributed by atoms with E-state index in [-0.39, 0.29) is 11.4 Å². The predicted octanol–water partition coefficient (Wildman–Crippen LogP) is 6.03. The summed E-state index contributed by atoms with van der Waals surface area (Å²) in [5.74, 6) is 0.727. The number of β-amino-alcohol motifs (C(OH)–C–C–N with tert-alkyl or cyclic N) is 1. The number of aliphatic hydroxyl groups excluding tert-OH is 1. The molecule has 228 valence electrons. The Morgan fingerprint density at radius 2 is 1.85 bits per heavy atom. The zero-order valence-corrected chi connectivity index (χ0v) is 25.8. The highest BCUT2D eigenvalue weighted by atomic mass is 32.3. The Labute approximate surface area is 247 Å². The summed E-state index contributed by atoms with van der Waals surface area (Å²) in [5.41, 5.74) is 2.94. The van der Waals surface area contributed by atoms with E-state index in [1.54, 1.807) is 16.4 Å². The fraction of sp³-hybridized carbons (Fsp3) is 0.594. The molecule has 2 aliphatic rings. The van der Waals surface area contributed by atoms with Crippen molar-refractivity contribution in [3.63, 3.8) is 0 Å². The smallest absolute Gasteiger partial charge is 0.251 e. The monoisotopic (exact) mass is 586 g/mol. The first-order valence-corrected chi connectivity index (χ1v) is 17.0. The maximum absolute atomic E-state index is 13.7. The van der Waals surface area contributed by atoms with Crippen LogP contribution in [0.4, 0.5) is 11.4 Å². The van der Waals surface area contributed by atoms with E-state index < -0.39 is 22.9 Å². The maximum atomic E-state index is 13.7. The Morgan fingerprint density at radius 3 is 2.51 bits per heavy atom. The molecule has 2 fully saturated rings. The Balaban J connectivity index is 1.50. The quantitative estimate of drug-likeness (QED) is 0.151. The predicted molar refractivity (Wildman–Crippen MR) is 171 cm³/mol. The maximum Gasteiger partial charge on any atom is 0.251 e. The first-order valence-electron chi connectivity index (χ1n) is 15.3. The SMILES string of the molecule is CCNc1cc(C(=O)N[C@@H](Cc2ccccc2)[C@@H](O)CNC2(CCCC(C)C)CC2)cc(N2CCCCS2(O)O)c1. The molecule has 0 bridgehead atoms. The fourth-order valence-electron chi connectivity index (χ4n) is 5.68. The van der Waals surface area contributed by atoms with Gasteiger partial charge in [0, 0.05) is 36.4 Å². The molecular formula is C32H50N4O4S. The number of carbonyl (C=O) groups excluding carboxylic acids is 1. The summed E-state index contributed by atoms with van der Waals surface area (Å²) in [7, 11) is -2.93. The van der Waals surface area contributed by atoms with E-state index in [1.807, 2.05) is 43.3 Å². The van der Waals surface area contributed by atoms with Crippen molar-refractivity contribution in [1.29, 1.82) is 0 Å². The molecule has 0 radical (unpaired) electrons. The summed E-state index contributed by atoms with van der Waals surface area (Å²) in [6.45, 7) is 8.09. The van der Waals surface area contributed by atoms with Crippen LogP contribution in [0.2, 0.25) is 0 Å². The molecule has 1 heterocycles. The molecule has 0 aromatic heterocycles. The van der Waals surface area contributed by atoms with Gasteiger partial charge in [0.1, 0.15) is 0 Å². The minimum atomic E-state index is -2.93. The van der Waals surface area contributed by atoms with Gasteiger partial charge in [0.2, 0.25) is 0 Å². The van der Waals surface area contributed by atoms with Crippen LogP contribution in [0.25, 0.3) is 0 Å². The number of carbonyl (C=O) groups is 1. The zero-order chi connectivity index (χ0) is 29.5. The summed E-state index contributed by atoms with van der Waals surface area (Å²) in [4.78, 5) is 13.7. The van der Waals surface area contributed by atoms with Crippen LogP contribution in [0.1, 0.15) is 81.6 Å². The molecule has 0 unspecified atom stereocenters. The van der Waals surface area contributed by atoms with Crippen LogP contribution in [0.15, 0.2) is 48.5 Å². The molecule has 0 spiro atoms. The number of aliphatic hydroxyl groups is 1. The van der Waals surface area contributed by atoms with Gasteiger partial charge in [-0.3, -0.25) is 18.2 Å². The number of nitrogens with one attached hydrogen (secondary N) is 3. The summed E-state index contributed by atoms with van der Waals surface area (Å²) in [6.07, 6.45) is 7.12. The topological polar surface area (TPSA) is 117 Å². The summed E-state index contributed by atoms with van der Waals surface area (Å²) in [6, 6.07) is 14.8. The second-order valence-corrected chi connectivity index (χ2v) is 14.3. The van der Waals surface area contributed by atoms with Gasteiger partial charge in [-0.2, -0.15) is 0 Å². The van der Waals surface area contributed by atoms with Crippen molar-refractivity contribution >= 4 is 28.1 Å². The average molecular weight is 587 g/mol. The first kappa shape index (κ1) is 31.6. The van der Waals surface area contributed by atoms with Crippen LogP contribution in [-0.4, -0.2) is 63.2 Å². The lowest BCUT2D eigenvalue weighted by Crippen LogP contribution is -2.50. The second kappa shape index (κ2) is 14.2. The van der Waals surface area contributed by atoms with E-state index in [0.717, 1.165) is 43.4 Å². The van der Waals surface area contributed by atoms with Crippen LogP contribution in [0.3, 0.4) is 0 Å². The van der Waals surface area contributed by atoms with Gasteiger partial charge in [0.05, 0.1) is 23.6 Å². The summed E-state index contributed by atoms with van der Waals surface area (Å²) < 4.78 is 23.1. The number of amides is 1. The normalized spacial score (nSPS) is 19.8. The molecule has 1 aliphatic heterocycles. The van der Waals surface area contributed by atoms with Gasteiger partial charge in [-0.25, -0.2) is 0 Å². The summed E-state index contributed by atoms with van der Waals surface area (Å²) >= 11 is 0. The Hall–Kier alpha value is -2.30. The van der Waals surface area contributed by atoms with Crippen LogP contribution in [0.5, 0.6) is 0 Å². The Morgan fingerprint density at radius 1 is 1.10 bits per heavy atom. The van der Waals surface area contributed by atoms with Crippen molar-refractivity contribution in [1.82, 2.24) is 10.6 Å². The lowest BCUT2D eigenvalue weighted by molar-refractivity contribution is 0.0821. The fourth-order valence-corrected chi connectivity index (χ4v) is 7.36. The highest BCUT2D eigenvalue weighted by molar-refractivity contribution is 8.25. The molecule has 4 rings (SSSR count). The van der Waals surface area contributed by atoms with Crippen molar-refractivity contribution in [3.05, 3.63) is 59.7 Å². The first-order chi connectivity index (χ1) is 19.6. The molecule has 9 heteroatoms. The lowest BCUT2D eigenvalue weighted by Gasteiger charge is -2.47. The van der Waals surface area contributed by atoms with Gasteiger partial charge in [0.25, 0.3) is 5.91 Å². The number of hydrogen-bond acceptors (Lipinski definition) is 7. The van der Waals surface area contributed by atoms with Gasteiger partial charge in [-0.05, 0) is 75.1 Å². The van der Waals surface area contributed by atoms with Crippen molar-refractivity contribution in [2.24, 2.45) is 5.92 Å². The van der Waals surface area contributed by atoms with Crippen molar-refractivity contribution < 1.29 is 19.0 Å². The van der Waals surface area contributed by atoms with Gasteiger partial charge in [-0.15, -0.1) is 10.8 Å². The molecular weight excluding hydrogens is 536 g/mol. The number of anilines is 2. The molecule has 6 N–H and O–H groups in total. The minimum absolute atomic E-state index is 0.115. The van der Waals surface area contributed by atoms with Crippen LogP contribution >= 0.6 is 10.8 Å². The highest BCUT2D eigenvalue weighted by Crippen LogP contribution is 2.50. The summed E-state index contributed by atoms with van der Waals surface area (Å²) in [5, 5.41) is 21.4. The average Bonchev–Trinajstić information content (AvgIpc) is 3.71. The van der Waals surface area contributed by atoms with Crippen LogP contribution < -0.4 is 20.3 Å². The number of nitrogens with zero attached hydrogens (tertiary/aromatic N) is 1. The number of rotatable bonds is 15. The van der Waals surface area contributed by atoms with Crippen molar-refractivity contribution in [2.45, 2.75) is 89.8 Å². The molecule has 1 amide bonds. The highest BCUT2D eigenvalue weighted by Gasteiger charge is 2.42. The molecule has 2 aromatic carbocycles. The van der Waals surface area contributed by atoms with Gasteiger partial charge < -0.3 is 21.1 Å². The third kappa shape index (κ3) is 9.09. The van der Waals surface area contributed by atoms with Crippen LogP contribution in [-0.2, 0) is 6.42 Å². The van der Waals surface area contributed by atoms with Crippen molar-refractivity contribution in [3.8, 4) is 0 Å². The second-order valence-electron chi connectivity index (χ2n) is 12.2. The minimum Gasteiger partial charge on any atom is -0.390 e. The molecule has 1 saturated carbocycles. The third-order valence-corrected chi connectivity index (χ3v) is 10.2. The standard InChI is InChI=1S/C32H50N4O4S/c1-4-33-27-20-26(21-28(22-27)36-17-8-9-18-41(36,39)40)31(38)35-29(19-25-12-6-5-7-13-25)30(37)23-34-32(15-16-32)14-10-11-24(2)3/h5-7,12-13,20-22,24,29-30,33-34,37,39-40H,4,8-11,14-19,23H2,1-3H3,(H,35,38)/t29-,30-/m0/s1. The Bertz CT molecular complexity index is 1130. The van der Waals surface area contributed by atoms with E-state index in [9.17, 15) is 19.0 Å². The molecule has 2 aromatic rings. The van der Waals surface area contributed by atoms with E-state index in [2.05, 4.69) is 29.8 Å². The van der Waals surface area contributed by atoms with Crippen molar-refractivity contribution in [2.75, 3.05) is 35.0 Å². The molecule has 8 nitrogen and oxygen atoms in total. The number of hydrogen-bond donors (Lipinski definition) is 6. The van der Waals surface area contributed by atoms with E-state index >= 15 is 0 Å². The van der Waals surface area contributed by atoms with Crippen LogP contribution in [0, 0.1) is 5.92 Å². The Kier molecular flexibility index (Phi) is 11.0. The molecule has 41 heavy (non-hydrogen) atoms. The molecule has 2 atom stereocenters. The molecule has 1 saturated heterocycles. The van der Waals surface area contributed by atoms with Gasteiger partial charge in [0.15, 0.2) is 0 Å². The number of benzene rings is 2.